The normalized spacial score (nSPS) is 27.3. The zero-order valence-corrected chi connectivity index (χ0v) is 11.2. The van der Waals surface area contributed by atoms with Crippen LogP contribution in [0.5, 0.6) is 0 Å². The first-order valence-electron chi connectivity index (χ1n) is 6.72. The molecule has 2 heterocycles. The Morgan fingerprint density at radius 1 is 1.11 bits per heavy atom. The van der Waals surface area contributed by atoms with E-state index in [9.17, 15) is 14.7 Å². The lowest BCUT2D eigenvalue weighted by molar-refractivity contribution is -0.148. The van der Waals surface area contributed by atoms with Crippen molar-refractivity contribution in [1.82, 2.24) is 9.80 Å². The number of piperidine rings is 1. The van der Waals surface area contributed by atoms with Crippen LogP contribution in [0.15, 0.2) is 0 Å². The van der Waals surface area contributed by atoms with E-state index in [4.69, 9.17) is 0 Å². The lowest BCUT2D eigenvalue weighted by Gasteiger charge is -2.45. The monoisotopic (exact) mass is 254 g/mol. The number of hydrogen-bond acceptors (Lipinski definition) is 2. The molecule has 0 aliphatic carbocycles. The summed E-state index contributed by atoms with van der Waals surface area (Å²) < 4.78 is 0. The quantitative estimate of drug-likeness (QED) is 0.776. The molecule has 2 rings (SSSR count). The standard InChI is InChI=1S/C13H22N2O3/c1-13(2)6-5-9-15(10(13)11(16)17)12(18)14-7-3-4-8-14/h10H,3-9H2,1-2H3,(H,16,17). The van der Waals surface area contributed by atoms with Crippen LogP contribution >= 0.6 is 0 Å². The van der Waals surface area contributed by atoms with Crippen molar-refractivity contribution in [1.29, 1.82) is 0 Å². The van der Waals surface area contributed by atoms with Crippen LogP contribution in [0.2, 0.25) is 0 Å². The van der Waals surface area contributed by atoms with Gasteiger partial charge in [0.15, 0.2) is 0 Å². The van der Waals surface area contributed by atoms with Gasteiger partial charge in [-0.25, -0.2) is 9.59 Å². The minimum absolute atomic E-state index is 0.0901. The van der Waals surface area contributed by atoms with Crippen molar-refractivity contribution < 1.29 is 14.7 Å². The van der Waals surface area contributed by atoms with E-state index in [1.54, 1.807) is 9.80 Å². The minimum Gasteiger partial charge on any atom is -0.480 e. The first-order valence-corrected chi connectivity index (χ1v) is 6.72. The minimum atomic E-state index is -0.882. The van der Waals surface area contributed by atoms with Crippen LogP contribution in [0.25, 0.3) is 0 Å². The molecule has 2 aliphatic rings. The molecule has 5 nitrogen and oxygen atoms in total. The molecule has 0 spiro atoms. The predicted molar refractivity (Wildman–Crippen MR) is 67.3 cm³/mol. The van der Waals surface area contributed by atoms with Gasteiger partial charge >= 0.3 is 12.0 Å². The van der Waals surface area contributed by atoms with E-state index in [1.165, 1.54) is 0 Å². The van der Waals surface area contributed by atoms with Gasteiger partial charge in [-0.05, 0) is 31.1 Å². The van der Waals surface area contributed by atoms with Crippen molar-refractivity contribution in [2.45, 2.75) is 45.6 Å². The molecule has 102 valence electrons. The van der Waals surface area contributed by atoms with Crippen LogP contribution in [-0.4, -0.2) is 52.6 Å². The highest BCUT2D eigenvalue weighted by molar-refractivity contribution is 5.83. The van der Waals surface area contributed by atoms with Gasteiger partial charge in [0.1, 0.15) is 6.04 Å². The van der Waals surface area contributed by atoms with Gasteiger partial charge in [-0.15, -0.1) is 0 Å². The summed E-state index contributed by atoms with van der Waals surface area (Å²) in [7, 11) is 0. The Hall–Kier alpha value is -1.26. The number of amides is 2. The summed E-state index contributed by atoms with van der Waals surface area (Å²) in [6, 6.07) is -0.785. The SMILES string of the molecule is CC1(C)CCCN(C(=O)N2CCCC2)C1C(=O)O. The third-order valence-corrected chi connectivity index (χ3v) is 4.13. The van der Waals surface area contributed by atoms with E-state index in [2.05, 4.69) is 0 Å². The molecule has 2 aliphatic heterocycles. The van der Waals surface area contributed by atoms with Gasteiger partial charge < -0.3 is 14.9 Å². The van der Waals surface area contributed by atoms with E-state index in [0.717, 1.165) is 38.8 Å². The highest BCUT2D eigenvalue weighted by atomic mass is 16.4. The Balaban J connectivity index is 2.18. The van der Waals surface area contributed by atoms with Crippen LogP contribution in [0.3, 0.4) is 0 Å². The molecule has 1 N–H and O–H groups in total. The molecule has 0 bridgehead atoms. The summed E-state index contributed by atoms with van der Waals surface area (Å²) in [4.78, 5) is 27.2. The highest BCUT2D eigenvalue weighted by Gasteiger charge is 2.45. The van der Waals surface area contributed by atoms with Crippen molar-refractivity contribution in [3.8, 4) is 0 Å². The van der Waals surface area contributed by atoms with E-state index < -0.39 is 12.0 Å². The van der Waals surface area contributed by atoms with E-state index in [-0.39, 0.29) is 11.4 Å². The number of carboxylic acids is 1. The van der Waals surface area contributed by atoms with Crippen LogP contribution in [0, 0.1) is 5.41 Å². The van der Waals surface area contributed by atoms with Gasteiger partial charge in [0, 0.05) is 19.6 Å². The smallest absolute Gasteiger partial charge is 0.327 e. The summed E-state index contributed by atoms with van der Waals surface area (Å²) >= 11 is 0. The summed E-state index contributed by atoms with van der Waals surface area (Å²) in [6.07, 6.45) is 3.80. The number of carbonyl (C=O) groups is 2. The molecule has 2 fully saturated rings. The molecular weight excluding hydrogens is 232 g/mol. The largest absolute Gasteiger partial charge is 0.480 e. The second-order valence-corrected chi connectivity index (χ2v) is 6.00. The fourth-order valence-electron chi connectivity index (χ4n) is 3.16. The van der Waals surface area contributed by atoms with Crippen molar-refractivity contribution in [3.63, 3.8) is 0 Å². The molecule has 18 heavy (non-hydrogen) atoms. The molecule has 2 amide bonds. The Kier molecular flexibility index (Phi) is 3.50. The average Bonchev–Trinajstić information content (AvgIpc) is 2.79. The van der Waals surface area contributed by atoms with E-state index in [1.807, 2.05) is 13.8 Å². The third-order valence-electron chi connectivity index (χ3n) is 4.13. The Labute approximate surface area is 108 Å². The van der Waals surface area contributed by atoms with Gasteiger partial charge in [0.25, 0.3) is 0 Å². The maximum Gasteiger partial charge on any atom is 0.327 e. The summed E-state index contributed by atoms with van der Waals surface area (Å²) in [5.41, 5.74) is -0.348. The number of carboxylic acid groups (broad SMARTS) is 1. The van der Waals surface area contributed by atoms with Gasteiger partial charge in [0.2, 0.25) is 0 Å². The Morgan fingerprint density at radius 3 is 2.28 bits per heavy atom. The summed E-state index contributed by atoms with van der Waals surface area (Å²) in [6.45, 7) is 5.98. The molecule has 1 unspecified atom stereocenters. The zero-order chi connectivity index (χ0) is 13.3. The maximum absolute atomic E-state index is 12.4. The molecule has 2 saturated heterocycles. The summed E-state index contributed by atoms with van der Waals surface area (Å²) in [5.74, 6) is -0.882. The third kappa shape index (κ3) is 2.31. The number of urea groups is 1. The second kappa shape index (κ2) is 4.78. The van der Waals surface area contributed by atoms with Gasteiger partial charge in [0.05, 0.1) is 0 Å². The van der Waals surface area contributed by atoms with Crippen LogP contribution in [-0.2, 0) is 4.79 Å². The second-order valence-electron chi connectivity index (χ2n) is 6.00. The van der Waals surface area contributed by atoms with Crippen LogP contribution in [0.1, 0.15) is 39.5 Å². The highest BCUT2D eigenvalue weighted by Crippen LogP contribution is 2.36. The number of nitrogens with zero attached hydrogens (tertiary/aromatic N) is 2. The molecule has 0 aromatic heterocycles. The molecular formula is C13H22N2O3. The molecule has 0 aromatic carbocycles. The molecule has 0 radical (unpaired) electrons. The van der Waals surface area contributed by atoms with Crippen molar-refractivity contribution >= 4 is 12.0 Å². The zero-order valence-electron chi connectivity index (χ0n) is 11.2. The summed E-state index contributed by atoms with van der Waals surface area (Å²) in [5, 5.41) is 9.42. The van der Waals surface area contributed by atoms with Gasteiger partial charge in [-0.2, -0.15) is 0 Å². The molecule has 5 heteroatoms. The number of aliphatic carboxylic acids is 1. The van der Waals surface area contributed by atoms with E-state index >= 15 is 0 Å². The fraction of sp³-hybridized carbons (Fsp3) is 0.846. The fourth-order valence-corrected chi connectivity index (χ4v) is 3.16. The number of rotatable bonds is 1. The topological polar surface area (TPSA) is 60.9 Å². The average molecular weight is 254 g/mol. The van der Waals surface area contributed by atoms with E-state index in [0.29, 0.717) is 6.54 Å². The Bertz CT molecular complexity index is 348. The van der Waals surface area contributed by atoms with Gasteiger partial charge in [-0.3, -0.25) is 0 Å². The lowest BCUT2D eigenvalue weighted by atomic mass is 9.76. The first kappa shape index (κ1) is 13.2. The molecule has 1 atom stereocenters. The Morgan fingerprint density at radius 2 is 1.72 bits per heavy atom. The predicted octanol–water partition coefficient (Wildman–Crippen LogP) is 1.78. The van der Waals surface area contributed by atoms with Crippen molar-refractivity contribution in [3.05, 3.63) is 0 Å². The number of likely N-dealkylation sites (tertiary alicyclic amines) is 2. The maximum atomic E-state index is 12.4. The lowest BCUT2D eigenvalue weighted by Crippen LogP contribution is -2.59. The molecule has 0 aromatic rings. The number of hydrogen-bond donors (Lipinski definition) is 1. The van der Waals surface area contributed by atoms with Gasteiger partial charge in [-0.1, -0.05) is 13.8 Å². The molecule has 0 saturated carbocycles. The van der Waals surface area contributed by atoms with Crippen LogP contribution < -0.4 is 0 Å². The number of carbonyl (C=O) groups excluding carboxylic acids is 1. The van der Waals surface area contributed by atoms with Crippen molar-refractivity contribution in [2.24, 2.45) is 5.41 Å². The first-order chi connectivity index (χ1) is 8.43. The van der Waals surface area contributed by atoms with Crippen LogP contribution in [0.4, 0.5) is 4.79 Å². The van der Waals surface area contributed by atoms with Crippen molar-refractivity contribution in [2.75, 3.05) is 19.6 Å².